The van der Waals surface area contributed by atoms with E-state index in [0.29, 0.717) is 11.8 Å². The molecule has 1 fully saturated rings. The monoisotopic (exact) mass is 229 g/mol. The molecule has 0 aliphatic carbocycles. The van der Waals surface area contributed by atoms with E-state index in [1.807, 2.05) is 6.92 Å². The Kier molecular flexibility index (Phi) is 5.55. The minimum atomic E-state index is 0.0829. The third-order valence-corrected chi connectivity index (χ3v) is 3.03. The molecule has 2 atom stereocenters. The summed E-state index contributed by atoms with van der Waals surface area (Å²) in [5.41, 5.74) is 5.55. The molecule has 0 saturated carbocycles. The van der Waals surface area contributed by atoms with Crippen LogP contribution in [0.4, 0.5) is 0 Å². The van der Waals surface area contributed by atoms with Gasteiger partial charge in [0.25, 0.3) is 0 Å². The van der Waals surface area contributed by atoms with Crippen molar-refractivity contribution in [3.05, 3.63) is 0 Å². The van der Waals surface area contributed by atoms with Gasteiger partial charge in [0.1, 0.15) is 5.84 Å². The van der Waals surface area contributed by atoms with Crippen LogP contribution in [0.25, 0.3) is 0 Å². The fourth-order valence-corrected chi connectivity index (χ4v) is 2.13. The molecule has 5 heteroatoms. The van der Waals surface area contributed by atoms with Crippen LogP contribution in [0.3, 0.4) is 0 Å². The average Bonchev–Trinajstić information content (AvgIpc) is 2.29. The molecule has 0 aromatic rings. The summed E-state index contributed by atoms with van der Waals surface area (Å²) in [6, 6.07) is 0. The number of amidine groups is 1. The average molecular weight is 229 g/mol. The molecule has 0 radical (unpaired) electrons. The molecule has 94 valence electrons. The van der Waals surface area contributed by atoms with E-state index in [0.717, 1.165) is 32.7 Å². The normalized spacial score (nSPS) is 24.7. The van der Waals surface area contributed by atoms with Crippen LogP contribution in [0, 0.1) is 11.8 Å². The van der Waals surface area contributed by atoms with Gasteiger partial charge < -0.3 is 20.6 Å². The van der Waals surface area contributed by atoms with Crippen LogP contribution in [-0.4, -0.2) is 49.3 Å². The summed E-state index contributed by atoms with van der Waals surface area (Å²) in [4.78, 5) is 2.22. The van der Waals surface area contributed by atoms with Crippen LogP contribution < -0.4 is 5.73 Å². The van der Waals surface area contributed by atoms with E-state index < -0.39 is 0 Å². The second kappa shape index (κ2) is 6.70. The first-order chi connectivity index (χ1) is 7.63. The third-order valence-electron chi connectivity index (χ3n) is 3.03. The number of nitrogens with zero attached hydrogens (tertiary/aromatic N) is 2. The Morgan fingerprint density at radius 3 is 3.00 bits per heavy atom. The van der Waals surface area contributed by atoms with Crippen molar-refractivity contribution in [1.82, 2.24) is 4.90 Å². The van der Waals surface area contributed by atoms with E-state index in [4.69, 9.17) is 15.7 Å². The number of ether oxygens (including phenoxy) is 1. The van der Waals surface area contributed by atoms with Crippen LogP contribution in [-0.2, 0) is 4.74 Å². The fraction of sp³-hybridized carbons (Fsp3) is 0.909. The second-order valence-electron chi connectivity index (χ2n) is 4.73. The van der Waals surface area contributed by atoms with Crippen molar-refractivity contribution in [2.24, 2.45) is 22.7 Å². The van der Waals surface area contributed by atoms with Crippen LogP contribution >= 0.6 is 0 Å². The van der Waals surface area contributed by atoms with Gasteiger partial charge in [0, 0.05) is 25.6 Å². The highest BCUT2D eigenvalue weighted by molar-refractivity contribution is 5.82. The lowest BCUT2D eigenvalue weighted by Gasteiger charge is -2.28. The van der Waals surface area contributed by atoms with Gasteiger partial charge in [0.05, 0.1) is 6.61 Å². The smallest absolute Gasteiger partial charge is 0.143 e. The van der Waals surface area contributed by atoms with E-state index in [9.17, 15) is 0 Å². The highest BCUT2D eigenvalue weighted by Gasteiger charge is 2.18. The van der Waals surface area contributed by atoms with E-state index in [1.165, 1.54) is 6.42 Å². The van der Waals surface area contributed by atoms with Gasteiger partial charge in [-0.1, -0.05) is 12.1 Å². The predicted molar refractivity (Wildman–Crippen MR) is 63.6 cm³/mol. The molecule has 1 rings (SSSR count). The Bertz CT molecular complexity index is 227. The summed E-state index contributed by atoms with van der Waals surface area (Å²) in [5, 5.41) is 11.6. The van der Waals surface area contributed by atoms with Crippen molar-refractivity contribution >= 4 is 5.84 Å². The van der Waals surface area contributed by atoms with Gasteiger partial charge in [-0.2, -0.15) is 0 Å². The van der Waals surface area contributed by atoms with Gasteiger partial charge in [0.15, 0.2) is 0 Å². The van der Waals surface area contributed by atoms with Gasteiger partial charge >= 0.3 is 0 Å². The van der Waals surface area contributed by atoms with Crippen molar-refractivity contribution in [2.45, 2.75) is 19.8 Å². The Labute approximate surface area is 97.2 Å². The summed E-state index contributed by atoms with van der Waals surface area (Å²) in [7, 11) is 2.07. The Balaban J connectivity index is 2.26. The number of rotatable bonds is 5. The maximum absolute atomic E-state index is 8.56. The summed E-state index contributed by atoms with van der Waals surface area (Å²) in [6.45, 7) is 5.56. The van der Waals surface area contributed by atoms with Gasteiger partial charge in [0.2, 0.25) is 0 Å². The minimum absolute atomic E-state index is 0.0829. The zero-order valence-electron chi connectivity index (χ0n) is 10.2. The second-order valence-corrected chi connectivity index (χ2v) is 4.73. The molecular formula is C11H23N3O2. The van der Waals surface area contributed by atoms with Crippen molar-refractivity contribution < 1.29 is 9.94 Å². The van der Waals surface area contributed by atoms with Crippen molar-refractivity contribution in [1.29, 1.82) is 0 Å². The van der Waals surface area contributed by atoms with Crippen LogP contribution in [0.2, 0.25) is 0 Å². The van der Waals surface area contributed by atoms with E-state index >= 15 is 0 Å². The topological polar surface area (TPSA) is 71.1 Å². The first-order valence-corrected chi connectivity index (χ1v) is 5.87. The third kappa shape index (κ3) is 4.37. The molecule has 2 unspecified atom stereocenters. The summed E-state index contributed by atoms with van der Waals surface area (Å²) < 4.78 is 5.44. The lowest BCUT2D eigenvalue weighted by atomic mass is 10.0. The quantitative estimate of drug-likeness (QED) is 0.315. The largest absolute Gasteiger partial charge is 0.409 e. The Hall–Kier alpha value is -0.810. The molecule has 1 saturated heterocycles. The minimum Gasteiger partial charge on any atom is -0.409 e. The molecule has 3 N–H and O–H groups in total. The summed E-state index contributed by atoms with van der Waals surface area (Å²) in [5.74, 6) is 1.00. The van der Waals surface area contributed by atoms with Crippen LogP contribution in [0.15, 0.2) is 5.16 Å². The molecule has 0 spiro atoms. The molecule has 5 nitrogen and oxygen atoms in total. The van der Waals surface area contributed by atoms with Gasteiger partial charge in [-0.3, -0.25) is 0 Å². The number of hydrogen-bond acceptors (Lipinski definition) is 4. The van der Waals surface area contributed by atoms with Crippen molar-refractivity contribution in [3.63, 3.8) is 0 Å². The lowest BCUT2D eigenvalue weighted by Crippen LogP contribution is -2.37. The zero-order chi connectivity index (χ0) is 12.0. The SMILES string of the molecule is CC(CN(C)CC1CCCOC1)C(N)=NO. The maximum Gasteiger partial charge on any atom is 0.143 e. The van der Waals surface area contributed by atoms with E-state index in [2.05, 4.69) is 17.1 Å². The zero-order valence-corrected chi connectivity index (χ0v) is 10.2. The first-order valence-electron chi connectivity index (χ1n) is 5.87. The lowest BCUT2D eigenvalue weighted by molar-refractivity contribution is 0.0413. The van der Waals surface area contributed by atoms with E-state index in [1.54, 1.807) is 0 Å². The van der Waals surface area contributed by atoms with Gasteiger partial charge in [-0.15, -0.1) is 0 Å². The van der Waals surface area contributed by atoms with Gasteiger partial charge in [-0.25, -0.2) is 0 Å². The molecule has 0 aromatic carbocycles. The summed E-state index contributed by atoms with van der Waals surface area (Å²) in [6.07, 6.45) is 2.40. The first kappa shape index (κ1) is 13.3. The highest BCUT2D eigenvalue weighted by atomic mass is 16.5. The molecule has 16 heavy (non-hydrogen) atoms. The molecule has 0 bridgehead atoms. The van der Waals surface area contributed by atoms with Gasteiger partial charge in [-0.05, 0) is 25.8 Å². The molecule has 1 heterocycles. The van der Waals surface area contributed by atoms with Crippen LogP contribution in [0.5, 0.6) is 0 Å². The maximum atomic E-state index is 8.56. The van der Waals surface area contributed by atoms with E-state index in [-0.39, 0.29) is 5.92 Å². The number of nitrogens with two attached hydrogens (primary N) is 1. The molecule has 0 amide bonds. The number of hydrogen-bond donors (Lipinski definition) is 2. The van der Waals surface area contributed by atoms with Crippen molar-refractivity contribution in [3.8, 4) is 0 Å². The predicted octanol–water partition coefficient (Wildman–Crippen LogP) is 0.727. The molecular weight excluding hydrogens is 206 g/mol. The summed E-state index contributed by atoms with van der Waals surface area (Å²) >= 11 is 0. The molecule has 1 aliphatic heterocycles. The van der Waals surface area contributed by atoms with Crippen molar-refractivity contribution in [2.75, 3.05) is 33.4 Å². The fourth-order valence-electron chi connectivity index (χ4n) is 2.13. The highest BCUT2D eigenvalue weighted by Crippen LogP contribution is 2.14. The molecule has 0 aromatic heterocycles. The Morgan fingerprint density at radius 2 is 2.44 bits per heavy atom. The standard InChI is InChI=1S/C11H23N3O2/c1-9(11(12)13-15)6-14(2)7-10-4-3-5-16-8-10/h9-10,15H,3-8H2,1-2H3,(H2,12,13). The number of oxime groups is 1. The van der Waals surface area contributed by atoms with Crippen LogP contribution in [0.1, 0.15) is 19.8 Å². The molecule has 1 aliphatic rings. The Morgan fingerprint density at radius 1 is 1.69 bits per heavy atom.